The first-order valence-corrected chi connectivity index (χ1v) is 7.99. The second-order valence-corrected chi connectivity index (χ2v) is 5.73. The molecule has 0 aliphatic carbocycles. The molecule has 0 radical (unpaired) electrons. The number of hydrogen-bond donors (Lipinski definition) is 1. The number of carbonyl (C=O) groups is 1. The summed E-state index contributed by atoms with van der Waals surface area (Å²) in [4.78, 5) is 12.8. The quantitative estimate of drug-likeness (QED) is 0.494. The van der Waals surface area contributed by atoms with Gasteiger partial charge in [-0.2, -0.15) is 0 Å². The van der Waals surface area contributed by atoms with E-state index in [1.165, 1.54) is 0 Å². The number of rotatable bonds is 4. The zero-order valence-electron chi connectivity index (χ0n) is 12.9. The molecule has 1 amide bonds. The zero-order chi connectivity index (χ0) is 16.8. The number of nitrogens with one attached hydrogen (secondary N) is 1. The van der Waals surface area contributed by atoms with Crippen molar-refractivity contribution in [2.75, 3.05) is 5.32 Å². The smallest absolute Gasteiger partial charge is 0.256 e. The van der Waals surface area contributed by atoms with Crippen LogP contribution >= 0.6 is 11.6 Å². The van der Waals surface area contributed by atoms with Crippen LogP contribution in [0.1, 0.15) is 11.1 Å². The summed E-state index contributed by atoms with van der Waals surface area (Å²) in [5, 5.41) is 3.58. The fraction of sp³-hybridized carbons (Fsp3) is 0. The first-order chi connectivity index (χ1) is 11.7. The van der Waals surface area contributed by atoms with Gasteiger partial charge in [-0.05, 0) is 41.5 Å². The van der Waals surface area contributed by atoms with Crippen LogP contribution in [0.15, 0.2) is 84.9 Å². The van der Waals surface area contributed by atoms with Gasteiger partial charge in [0.05, 0.1) is 0 Å². The van der Waals surface area contributed by atoms with E-state index in [0.29, 0.717) is 10.6 Å². The lowest BCUT2D eigenvalue weighted by atomic mass is 10.0. The van der Waals surface area contributed by atoms with Gasteiger partial charge in [-0.15, -0.1) is 0 Å². The molecule has 0 fully saturated rings. The van der Waals surface area contributed by atoms with Crippen molar-refractivity contribution in [3.8, 4) is 0 Å². The molecule has 2 nitrogen and oxygen atoms in total. The molecular formula is C21H16ClNO. The van der Waals surface area contributed by atoms with E-state index < -0.39 is 0 Å². The van der Waals surface area contributed by atoms with Crippen LogP contribution in [-0.2, 0) is 4.79 Å². The van der Waals surface area contributed by atoms with Gasteiger partial charge in [-0.1, -0.05) is 72.3 Å². The molecule has 0 unspecified atom stereocenters. The summed E-state index contributed by atoms with van der Waals surface area (Å²) < 4.78 is 0. The summed E-state index contributed by atoms with van der Waals surface area (Å²) in [5.74, 6) is -0.160. The molecule has 3 aromatic rings. The summed E-state index contributed by atoms with van der Waals surface area (Å²) in [7, 11) is 0. The van der Waals surface area contributed by atoms with E-state index in [1.807, 2.05) is 78.9 Å². The van der Waals surface area contributed by atoms with E-state index in [0.717, 1.165) is 16.8 Å². The van der Waals surface area contributed by atoms with Gasteiger partial charge in [0.1, 0.15) is 0 Å². The fourth-order valence-corrected chi connectivity index (χ4v) is 2.47. The first kappa shape index (κ1) is 16.0. The van der Waals surface area contributed by atoms with E-state index in [-0.39, 0.29) is 5.91 Å². The Morgan fingerprint density at radius 3 is 2.00 bits per heavy atom. The highest BCUT2D eigenvalue weighted by molar-refractivity contribution is 6.31. The number of para-hydroxylation sites is 1. The molecule has 3 aromatic carbocycles. The fourth-order valence-electron chi connectivity index (χ4n) is 2.35. The number of hydrogen-bond acceptors (Lipinski definition) is 1. The predicted molar refractivity (Wildman–Crippen MR) is 101 cm³/mol. The number of carbonyl (C=O) groups excluding carboxylic acids is 1. The molecule has 0 aliphatic heterocycles. The van der Waals surface area contributed by atoms with Gasteiger partial charge in [0.15, 0.2) is 0 Å². The van der Waals surface area contributed by atoms with Gasteiger partial charge in [-0.25, -0.2) is 0 Å². The topological polar surface area (TPSA) is 29.1 Å². The maximum Gasteiger partial charge on any atom is 0.256 e. The summed E-state index contributed by atoms with van der Waals surface area (Å²) in [6.45, 7) is 0. The molecule has 0 spiro atoms. The van der Waals surface area contributed by atoms with Crippen LogP contribution in [0.2, 0.25) is 5.02 Å². The van der Waals surface area contributed by atoms with Crippen LogP contribution in [0.25, 0.3) is 11.6 Å². The van der Waals surface area contributed by atoms with E-state index in [2.05, 4.69) is 5.32 Å². The molecular weight excluding hydrogens is 318 g/mol. The molecule has 24 heavy (non-hydrogen) atoms. The molecule has 1 N–H and O–H groups in total. The van der Waals surface area contributed by atoms with Crippen LogP contribution in [0.5, 0.6) is 0 Å². The molecule has 0 saturated heterocycles. The highest BCUT2D eigenvalue weighted by Crippen LogP contribution is 2.22. The molecule has 0 aliphatic rings. The van der Waals surface area contributed by atoms with Crippen LogP contribution < -0.4 is 5.32 Å². The summed E-state index contributed by atoms with van der Waals surface area (Å²) in [6.07, 6.45) is 1.88. The largest absolute Gasteiger partial charge is 0.322 e. The van der Waals surface area contributed by atoms with E-state index in [4.69, 9.17) is 11.6 Å². The van der Waals surface area contributed by atoms with Gasteiger partial charge >= 0.3 is 0 Å². The van der Waals surface area contributed by atoms with Gasteiger partial charge < -0.3 is 5.32 Å². The van der Waals surface area contributed by atoms with Gasteiger partial charge in [-0.3, -0.25) is 4.79 Å². The summed E-state index contributed by atoms with van der Waals surface area (Å²) >= 11 is 5.97. The molecule has 3 heteroatoms. The second-order valence-electron chi connectivity index (χ2n) is 5.30. The average Bonchev–Trinajstić information content (AvgIpc) is 2.62. The van der Waals surface area contributed by atoms with Crippen LogP contribution in [0, 0.1) is 0 Å². The first-order valence-electron chi connectivity index (χ1n) is 7.61. The highest BCUT2D eigenvalue weighted by Gasteiger charge is 2.12. The minimum atomic E-state index is -0.160. The number of benzene rings is 3. The Balaban J connectivity index is 1.97. The van der Waals surface area contributed by atoms with E-state index in [9.17, 15) is 4.79 Å². The van der Waals surface area contributed by atoms with Gasteiger partial charge in [0.25, 0.3) is 5.91 Å². The Morgan fingerprint density at radius 1 is 0.792 bits per heavy atom. The van der Waals surface area contributed by atoms with Crippen molar-refractivity contribution < 1.29 is 4.79 Å². The average molecular weight is 334 g/mol. The normalized spacial score (nSPS) is 11.1. The Morgan fingerprint density at radius 2 is 1.38 bits per heavy atom. The van der Waals surface area contributed by atoms with Gasteiger partial charge in [0, 0.05) is 16.3 Å². The molecule has 0 heterocycles. The lowest BCUT2D eigenvalue weighted by molar-refractivity contribution is -0.111. The SMILES string of the molecule is O=C(Nc1ccccc1)/C(=C\c1ccccc1)c1ccc(Cl)cc1. The van der Waals surface area contributed by atoms with Crippen molar-refractivity contribution in [3.05, 3.63) is 101 Å². The molecule has 0 saturated carbocycles. The summed E-state index contributed by atoms with van der Waals surface area (Å²) in [5.41, 5.74) is 3.12. The minimum absolute atomic E-state index is 0.160. The lowest BCUT2D eigenvalue weighted by Crippen LogP contribution is -2.13. The third-order valence-electron chi connectivity index (χ3n) is 3.54. The van der Waals surface area contributed by atoms with Crippen molar-refractivity contribution in [1.29, 1.82) is 0 Å². The predicted octanol–water partition coefficient (Wildman–Crippen LogP) is 5.52. The molecule has 0 atom stereocenters. The Bertz CT molecular complexity index is 840. The van der Waals surface area contributed by atoms with Gasteiger partial charge in [0.2, 0.25) is 0 Å². The third kappa shape index (κ3) is 4.12. The minimum Gasteiger partial charge on any atom is -0.322 e. The van der Waals surface area contributed by atoms with E-state index in [1.54, 1.807) is 12.1 Å². The number of halogens is 1. The zero-order valence-corrected chi connectivity index (χ0v) is 13.7. The van der Waals surface area contributed by atoms with Crippen molar-refractivity contribution >= 4 is 34.8 Å². The van der Waals surface area contributed by atoms with Crippen LogP contribution in [0.3, 0.4) is 0 Å². The number of anilines is 1. The van der Waals surface area contributed by atoms with E-state index >= 15 is 0 Å². The molecule has 0 aromatic heterocycles. The molecule has 118 valence electrons. The second kappa shape index (κ2) is 7.62. The maximum absolute atomic E-state index is 12.8. The monoisotopic (exact) mass is 333 g/mol. The lowest BCUT2D eigenvalue weighted by Gasteiger charge is -2.10. The van der Waals surface area contributed by atoms with Crippen LogP contribution in [0.4, 0.5) is 5.69 Å². The standard InChI is InChI=1S/C21H16ClNO/c22-18-13-11-17(12-14-18)20(15-16-7-3-1-4-8-16)21(24)23-19-9-5-2-6-10-19/h1-15H,(H,23,24)/b20-15-. The maximum atomic E-state index is 12.8. The van der Waals surface area contributed by atoms with Crippen molar-refractivity contribution in [2.24, 2.45) is 0 Å². The Kier molecular flexibility index (Phi) is 5.09. The van der Waals surface area contributed by atoms with Crippen molar-refractivity contribution in [1.82, 2.24) is 0 Å². The summed E-state index contributed by atoms with van der Waals surface area (Å²) in [6, 6.07) is 26.4. The number of amides is 1. The third-order valence-corrected chi connectivity index (χ3v) is 3.79. The highest BCUT2D eigenvalue weighted by atomic mass is 35.5. The van der Waals surface area contributed by atoms with Crippen molar-refractivity contribution in [3.63, 3.8) is 0 Å². The molecule has 0 bridgehead atoms. The Labute approximate surface area is 146 Å². The van der Waals surface area contributed by atoms with Crippen LogP contribution in [-0.4, -0.2) is 5.91 Å². The molecule has 3 rings (SSSR count). The van der Waals surface area contributed by atoms with Crippen molar-refractivity contribution in [2.45, 2.75) is 0 Å². The Hall–Kier alpha value is -2.84.